The van der Waals surface area contributed by atoms with Crippen molar-refractivity contribution in [3.05, 3.63) is 54.9 Å². The number of para-hydroxylation sites is 1. The number of aromatic nitrogens is 7. The Morgan fingerprint density at radius 3 is 2.75 bits per heavy atom. The first-order chi connectivity index (χ1) is 17.8. The summed E-state index contributed by atoms with van der Waals surface area (Å²) in [5, 5.41) is 23.5. The highest BCUT2D eigenvalue weighted by molar-refractivity contribution is 5.90. The van der Waals surface area contributed by atoms with E-state index in [0.717, 1.165) is 87.4 Å². The number of fused-ring (bicyclic) bond motifs is 1. The third-order valence-electron chi connectivity index (χ3n) is 6.37. The molecule has 3 aromatic heterocycles. The third kappa shape index (κ3) is 6.76. The van der Waals surface area contributed by atoms with Crippen molar-refractivity contribution in [2.24, 2.45) is 0 Å². The summed E-state index contributed by atoms with van der Waals surface area (Å²) in [4.78, 5) is 13.6. The molecular weight excluding hydrogens is 454 g/mol. The topological polar surface area (TPSA) is 122 Å². The summed E-state index contributed by atoms with van der Waals surface area (Å²) in [6, 6.07) is 8.55. The summed E-state index contributed by atoms with van der Waals surface area (Å²) in [5.74, 6) is 1.48. The Kier molecular flexibility index (Phi) is 8.32. The molecule has 4 heterocycles. The molecule has 4 aromatic rings. The largest absolute Gasteiger partial charge is 0.367 e. The molecule has 5 rings (SSSR count). The Balaban J connectivity index is 1.08. The van der Waals surface area contributed by atoms with Crippen molar-refractivity contribution >= 4 is 22.7 Å². The maximum absolute atomic E-state index is 4.80. The number of hydrogen-bond acceptors (Lipinski definition) is 9. The van der Waals surface area contributed by atoms with E-state index >= 15 is 0 Å². The monoisotopic (exact) mass is 489 g/mol. The minimum absolute atomic E-state index is 0.420. The van der Waals surface area contributed by atoms with Crippen LogP contribution in [0.5, 0.6) is 0 Å². The molecule has 11 heteroatoms. The fraction of sp³-hybridized carbons (Fsp3) is 0.480. The van der Waals surface area contributed by atoms with E-state index < -0.39 is 0 Å². The maximum Gasteiger partial charge on any atom is 0.225 e. The van der Waals surface area contributed by atoms with Gasteiger partial charge in [-0.1, -0.05) is 17.3 Å². The first-order valence-electron chi connectivity index (χ1n) is 12.9. The Labute approximate surface area is 211 Å². The summed E-state index contributed by atoms with van der Waals surface area (Å²) < 4.78 is 4.00. The first-order valence-corrected chi connectivity index (χ1v) is 12.9. The standard InChI is InChI=1S/C25H35N11/c1-2-6-23-22(5-1)24(30-20-7-11-27-12-8-20)32-25(31-23)29-17-21-18-36(34-33-21)15-4-10-26-9-3-14-35-16-13-28-19-35/h1-2,5-6,13,16,18-20,26-27H,3-4,7-12,14-15,17H2,(H2,29,30,31,32). The predicted molar refractivity (Wildman–Crippen MR) is 141 cm³/mol. The highest BCUT2D eigenvalue weighted by Crippen LogP contribution is 2.24. The lowest BCUT2D eigenvalue weighted by molar-refractivity contribution is 0.478. The van der Waals surface area contributed by atoms with Crippen molar-refractivity contribution < 1.29 is 0 Å². The lowest BCUT2D eigenvalue weighted by atomic mass is 10.1. The Bertz CT molecular complexity index is 1200. The lowest BCUT2D eigenvalue weighted by Gasteiger charge is -2.25. The number of aryl methyl sites for hydroxylation is 2. The normalized spacial score (nSPS) is 14.3. The summed E-state index contributed by atoms with van der Waals surface area (Å²) in [6.07, 6.45) is 11.9. The fourth-order valence-corrected chi connectivity index (χ4v) is 4.42. The predicted octanol–water partition coefficient (Wildman–Crippen LogP) is 2.26. The highest BCUT2D eigenvalue weighted by Gasteiger charge is 2.16. The third-order valence-corrected chi connectivity index (χ3v) is 6.37. The van der Waals surface area contributed by atoms with Gasteiger partial charge >= 0.3 is 0 Å². The Hall–Kier alpha value is -3.57. The van der Waals surface area contributed by atoms with E-state index in [9.17, 15) is 0 Å². The van der Waals surface area contributed by atoms with Crippen LogP contribution in [0.15, 0.2) is 49.2 Å². The molecule has 0 atom stereocenters. The van der Waals surface area contributed by atoms with Crippen LogP contribution < -0.4 is 21.3 Å². The maximum atomic E-state index is 4.80. The van der Waals surface area contributed by atoms with Crippen LogP contribution >= 0.6 is 0 Å². The van der Waals surface area contributed by atoms with Crippen LogP contribution in [0.3, 0.4) is 0 Å². The zero-order valence-electron chi connectivity index (χ0n) is 20.6. The molecule has 1 aromatic carbocycles. The number of benzene rings is 1. The van der Waals surface area contributed by atoms with E-state index in [2.05, 4.69) is 47.2 Å². The molecule has 0 amide bonds. The molecule has 1 fully saturated rings. The fourth-order valence-electron chi connectivity index (χ4n) is 4.42. The van der Waals surface area contributed by atoms with Gasteiger partial charge in [-0.3, -0.25) is 4.68 Å². The van der Waals surface area contributed by atoms with Gasteiger partial charge in [0, 0.05) is 36.9 Å². The van der Waals surface area contributed by atoms with Gasteiger partial charge in [-0.25, -0.2) is 9.97 Å². The van der Waals surface area contributed by atoms with Crippen LogP contribution in [0.1, 0.15) is 31.4 Å². The summed E-state index contributed by atoms with van der Waals surface area (Å²) in [6.45, 7) is 6.35. The number of nitrogens with one attached hydrogen (secondary N) is 4. The highest BCUT2D eigenvalue weighted by atomic mass is 15.4. The molecule has 1 aliphatic rings. The van der Waals surface area contributed by atoms with Crippen molar-refractivity contribution in [3.63, 3.8) is 0 Å². The minimum Gasteiger partial charge on any atom is -0.367 e. The number of anilines is 2. The summed E-state index contributed by atoms with van der Waals surface area (Å²) in [5.41, 5.74) is 1.79. The second kappa shape index (κ2) is 12.4. The molecule has 0 unspecified atom stereocenters. The summed E-state index contributed by atoms with van der Waals surface area (Å²) >= 11 is 0. The van der Waals surface area contributed by atoms with Crippen molar-refractivity contribution in [1.29, 1.82) is 0 Å². The van der Waals surface area contributed by atoms with Crippen molar-refractivity contribution in [3.8, 4) is 0 Å². The second-order valence-electron chi connectivity index (χ2n) is 9.17. The van der Waals surface area contributed by atoms with Crippen LogP contribution in [-0.4, -0.2) is 66.7 Å². The van der Waals surface area contributed by atoms with E-state index in [1.54, 1.807) is 0 Å². The zero-order chi connectivity index (χ0) is 24.4. The average molecular weight is 490 g/mol. The van der Waals surface area contributed by atoms with Crippen LogP contribution in [0.4, 0.5) is 11.8 Å². The van der Waals surface area contributed by atoms with Gasteiger partial charge in [0.15, 0.2) is 0 Å². The lowest BCUT2D eigenvalue weighted by Crippen LogP contribution is -2.35. The van der Waals surface area contributed by atoms with Crippen molar-refractivity contribution in [2.45, 2.75) is 51.4 Å². The molecule has 36 heavy (non-hydrogen) atoms. The van der Waals surface area contributed by atoms with Crippen molar-refractivity contribution in [1.82, 2.24) is 45.1 Å². The van der Waals surface area contributed by atoms with E-state index in [4.69, 9.17) is 9.97 Å². The van der Waals surface area contributed by atoms with Crippen molar-refractivity contribution in [2.75, 3.05) is 36.8 Å². The molecule has 11 nitrogen and oxygen atoms in total. The molecule has 0 saturated carbocycles. The van der Waals surface area contributed by atoms with Gasteiger partial charge in [0.1, 0.15) is 11.5 Å². The quantitative estimate of drug-likeness (QED) is 0.209. The number of piperidine rings is 1. The number of rotatable bonds is 13. The number of nitrogens with zero attached hydrogens (tertiary/aromatic N) is 7. The van der Waals surface area contributed by atoms with E-state index in [0.29, 0.717) is 18.5 Å². The van der Waals surface area contributed by atoms with Crippen LogP contribution in [0, 0.1) is 0 Å². The van der Waals surface area contributed by atoms with Gasteiger partial charge in [0.2, 0.25) is 5.95 Å². The Morgan fingerprint density at radius 2 is 1.89 bits per heavy atom. The van der Waals surface area contributed by atoms with Crippen LogP contribution in [-0.2, 0) is 19.6 Å². The smallest absolute Gasteiger partial charge is 0.225 e. The Morgan fingerprint density at radius 1 is 1.03 bits per heavy atom. The molecule has 190 valence electrons. The SMILES string of the molecule is c1ccc2c(NC3CCNCC3)nc(NCc3cn(CCCNCCCn4ccnc4)nn3)nc2c1. The van der Waals surface area contributed by atoms with Crippen LogP contribution in [0.2, 0.25) is 0 Å². The first kappa shape index (κ1) is 24.1. The van der Waals surface area contributed by atoms with Gasteiger partial charge in [0.05, 0.1) is 24.6 Å². The van der Waals surface area contributed by atoms with Gasteiger partial charge < -0.3 is 25.8 Å². The molecular formula is C25H35N11. The molecule has 4 N–H and O–H groups in total. The minimum atomic E-state index is 0.420. The van der Waals surface area contributed by atoms with Gasteiger partial charge in [-0.15, -0.1) is 5.10 Å². The molecule has 0 spiro atoms. The molecule has 1 saturated heterocycles. The van der Waals surface area contributed by atoms with E-state index in [1.807, 2.05) is 47.8 Å². The van der Waals surface area contributed by atoms with E-state index in [1.165, 1.54) is 0 Å². The van der Waals surface area contributed by atoms with Gasteiger partial charge in [-0.05, 0) is 64.0 Å². The van der Waals surface area contributed by atoms with E-state index in [-0.39, 0.29) is 0 Å². The van der Waals surface area contributed by atoms with Gasteiger partial charge in [0.25, 0.3) is 0 Å². The zero-order valence-corrected chi connectivity index (χ0v) is 20.6. The molecule has 0 radical (unpaired) electrons. The molecule has 0 bridgehead atoms. The number of imidazole rings is 1. The molecule has 0 aliphatic carbocycles. The van der Waals surface area contributed by atoms with Crippen LogP contribution in [0.25, 0.3) is 10.9 Å². The average Bonchev–Trinajstić information content (AvgIpc) is 3.60. The second-order valence-corrected chi connectivity index (χ2v) is 9.17. The van der Waals surface area contributed by atoms with Gasteiger partial charge in [-0.2, -0.15) is 4.98 Å². The summed E-state index contributed by atoms with van der Waals surface area (Å²) in [7, 11) is 0. The number of hydrogen-bond donors (Lipinski definition) is 4. The molecule has 1 aliphatic heterocycles.